The number of benzene rings is 6. The molecule has 0 bridgehead atoms. The van der Waals surface area contributed by atoms with E-state index in [2.05, 4.69) is 65.1 Å². The van der Waals surface area contributed by atoms with Crippen LogP contribution >= 0.6 is 0 Å². The smallest absolute Gasteiger partial charge is 0.115 e. The Balaban J connectivity index is 1.43. The van der Waals surface area contributed by atoms with Gasteiger partial charge in [0.25, 0.3) is 0 Å². The minimum absolute atomic E-state index is 0.0660. The molecule has 18 radical (unpaired) electrons. The molecule has 0 spiro atoms. The minimum atomic E-state index is 0.0660. The summed E-state index contributed by atoms with van der Waals surface area (Å²) >= 11 is 0. The molecule has 47 heavy (non-hydrogen) atoms. The van der Waals surface area contributed by atoms with E-state index in [0.717, 1.165) is 43.6 Å². The van der Waals surface area contributed by atoms with Crippen molar-refractivity contribution in [1.82, 2.24) is 8.97 Å². The van der Waals surface area contributed by atoms with E-state index >= 15 is 0 Å². The molecular weight excluding hydrogens is 558 g/mol. The number of fused-ring (bicyclic) bond motifs is 10. The largest absolute Gasteiger partial charge is 0.310 e. The monoisotopic (exact) mass is 572 g/mol. The van der Waals surface area contributed by atoms with Crippen molar-refractivity contribution >= 4 is 180 Å². The van der Waals surface area contributed by atoms with Crippen molar-refractivity contribution in [2.45, 2.75) is 0 Å². The topological polar surface area (TPSA) is 9.34 Å². The van der Waals surface area contributed by atoms with Crippen LogP contribution in [0.1, 0.15) is 0 Å². The standard InChI is InChI=1S/C36H13B9N2/c37-26-24(27(38)31(42)32(43)30(26)41)25-28(39)33(44)36(34(45)29(25)40)47-19-11-4-2-7-16(19)22-20(47)12-13-21-23(22)17-9-5-8-15-14-6-1-3-10-18(14)46(21)35(15)17/h1-13H. The number of hydrogen-bond donors (Lipinski definition) is 0. The fourth-order valence-electron chi connectivity index (χ4n) is 7.66. The molecule has 3 heterocycles. The molecule has 2 nitrogen and oxygen atoms in total. The Bertz CT molecular complexity index is 2790. The number of hydrogen-bond acceptors (Lipinski definition) is 0. The van der Waals surface area contributed by atoms with Gasteiger partial charge in [-0.1, -0.05) is 87.4 Å². The lowest BCUT2D eigenvalue weighted by molar-refractivity contribution is 1.21. The van der Waals surface area contributed by atoms with Crippen molar-refractivity contribution in [2.24, 2.45) is 0 Å². The normalized spacial score (nSPS) is 12.2. The molecule has 9 aromatic rings. The van der Waals surface area contributed by atoms with Crippen LogP contribution in [-0.2, 0) is 0 Å². The number of rotatable bonds is 2. The first-order valence-corrected chi connectivity index (χ1v) is 15.0. The van der Waals surface area contributed by atoms with Crippen LogP contribution in [0.2, 0.25) is 0 Å². The first-order valence-electron chi connectivity index (χ1n) is 15.0. The van der Waals surface area contributed by atoms with Crippen molar-refractivity contribution in [3.8, 4) is 16.8 Å². The van der Waals surface area contributed by atoms with E-state index < -0.39 is 0 Å². The van der Waals surface area contributed by atoms with Crippen molar-refractivity contribution in [3.05, 3.63) is 78.9 Å². The summed E-state index contributed by atoms with van der Waals surface area (Å²) in [6.45, 7) is 0. The molecule has 0 aliphatic carbocycles. The summed E-state index contributed by atoms with van der Waals surface area (Å²) in [6, 6.07) is 27.3. The molecule has 0 aliphatic heterocycles. The van der Waals surface area contributed by atoms with Crippen molar-refractivity contribution in [2.75, 3.05) is 0 Å². The molecule has 11 heteroatoms. The van der Waals surface area contributed by atoms with Gasteiger partial charge in [-0.25, -0.2) is 0 Å². The second-order valence-corrected chi connectivity index (χ2v) is 12.1. The fraction of sp³-hybridized carbons (Fsp3) is 0. The molecular formula is C36H13B9N2. The van der Waals surface area contributed by atoms with Crippen LogP contribution in [0, 0.1) is 0 Å². The van der Waals surface area contributed by atoms with Gasteiger partial charge in [0, 0.05) is 38.0 Å². The maximum absolute atomic E-state index is 6.90. The number of nitrogens with zero attached hydrogens (tertiary/aromatic N) is 2. The Morgan fingerprint density at radius 3 is 1.47 bits per heavy atom. The van der Waals surface area contributed by atoms with Crippen LogP contribution in [0.3, 0.4) is 0 Å². The maximum Gasteiger partial charge on any atom is 0.115 e. The van der Waals surface area contributed by atoms with Gasteiger partial charge in [-0.2, -0.15) is 0 Å². The number of aromatic nitrogens is 2. The highest BCUT2D eigenvalue weighted by molar-refractivity contribution is 6.70. The van der Waals surface area contributed by atoms with Gasteiger partial charge in [0.2, 0.25) is 0 Å². The van der Waals surface area contributed by atoms with E-state index in [4.69, 9.17) is 70.6 Å². The lowest BCUT2D eigenvalue weighted by Gasteiger charge is -2.28. The first-order chi connectivity index (χ1) is 22.6. The first kappa shape index (κ1) is 28.7. The van der Waals surface area contributed by atoms with Crippen LogP contribution in [0.4, 0.5) is 0 Å². The molecule has 0 N–H and O–H groups in total. The van der Waals surface area contributed by atoms with Gasteiger partial charge in [-0.3, -0.25) is 0 Å². The highest BCUT2D eigenvalue weighted by Crippen LogP contribution is 2.44. The third-order valence-electron chi connectivity index (χ3n) is 9.82. The molecule has 0 fully saturated rings. The van der Waals surface area contributed by atoms with Crippen molar-refractivity contribution in [1.29, 1.82) is 0 Å². The molecule has 0 atom stereocenters. The minimum Gasteiger partial charge on any atom is -0.310 e. The Morgan fingerprint density at radius 2 is 0.809 bits per heavy atom. The maximum atomic E-state index is 6.90. The van der Waals surface area contributed by atoms with E-state index in [1.165, 1.54) is 16.3 Å². The highest BCUT2D eigenvalue weighted by Gasteiger charge is 2.25. The van der Waals surface area contributed by atoms with Crippen LogP contribution < -0.4 is 49.2 Å². The van der Waals surface area contributed by atoms with Gasteiger partial charge in [0.1, 0.15) is 70.6 Å². The second kappa shape index (κ2) is 9.77. The predicted octanol–water partition coefficient (Wildman–Crippen LogP) is -1.25. The fourth-order valence-corrected chi connectivity index (χ4v) is 7.66. The molecule has 0 amide bonds. The third kappa shape index (κ3) is 3.48. The van der Waals surface area contributed by atoms with E-state index in [1.807, 2.05) is 22.8 Å². The molecule has 6 aromatic carbocycles. The van der Waals surface area contributed by atoms with Gasteiger partial charge >= 0.3 is 0 Å². The predicted molar refractivity (Wildman–Crippen MR) is 209 cm³/mol. The van der Waals surface area contributed by atoms with Gasteiger partial charge < -0.3 is 8.97 Å². The average molecular weight is 571 g/mol. The van der Waals surface area contributed by atoms with Gasteiger partial charge in [0.05, 0.1) is 27.6 Å². The highest BCUT2D eigenvalue weighted by atomic mass is 15.0. The summed E-state index contributed by atoms with van der Waals surface area (Å²) in [6.07, 6.45) is 0. The van der Waals surface area contributed by atoms with Crippen LogP contribution in [-0.4, -0.2) is 79.6 Å². The zero-order valence-electron chi connectivity index (χ0n) is 25.1. The summed E-state index contributed by atoms with van der Waals surface area (Å²) in [5.74, 6) is 0. The van der Waals surface area contributed by atoms with Crippen LogP contribution in [0.5, 0.6) is 0 Å². The van der Waals surface area contributed by atoms with Gasteiger partial charge in [-0.05, 0) is 35.4 Å². The summed E-state index contributed by atoms with van der Waals surface area (Å²) < 4.78 is 4.38. The van der Waals surface area contributed by atoms with Crippen LogP contribution in [0.25, 0.3) is 76.7 Å². The number of para-hydroxylation sites is 3. The van der Waals surface area contributed by atoms with E-state index in [-0.39, 0.29) is 60.3 Å². The third-order valence-corrected chi connectivity index (χ3v) is 9.82. The molecule has 0 unspecified atom stereocenters. The average Bonchev–Trinajstić information content (AvgIpc) is 3.72. The molecule has 194 valence electrons. The second-order valence-electron chi connectivity index (χ2n) is 12.1. The van der Waals surface area contributed by atoms with Gasteiger partial charge in [0.15, 0.2) is 0 Å². The zero-order chi connectivity index (χ0) is 32.6. The molecule has 9 rings (SSSR count). The van der Waals surface area contributed by atoms with E-state index in [9.17, 15) is 0 Å². The lowest BCUT2D eigenvalue weighted by Crippen LogP contribution is -2.57. The molecule has 0 saturated carbocycles. The van der Waals surface area contributed by atoms with E-state index in [0.29, 0.717) is 5.69 Å². The lowest BCUT2D eigenvalue weighted by atomic mass is 9.56. The zero-order valence-corrected chi connectivity index (χ0v) is 25.1. The van der Waals surface area contributed by atoms with Gasteiger partial charge in [-0.15, -0.1) is 16.4 Å². The van der Waals surface area contributed by atoms with E-state index in [1.54, 1.807) is 0 Å². The SMILES string of the molecule is [B]c1c([B])c([B])c(-c2c([B])c([B])c(-n3c4ccccc4c4c5c6cccc7c8ccccc8n(c5ccc43)c76)c([B])c2[B])c([B])c1[B]. The summed E-state index contributed by atoms with van der Waals surface area (Å²) in [5.41, 5.74) is 7.17. The van der Waals surface area contributed by atoms with Crippen molar-refractivity contribution in [3.63, 3.8) is 0 Å². The summed E-state index contributed by atoms with van der Waals surface area (Å²) in [5, 5.41) is 6.80. The van der Waals surface area contributed by atoms with Crippen molar-refractivity contribution < 1.29 is 0 Å². The molecule has 0 aliphatic rings. The Labute approximate surface area is 283 Å². The Kier molecular flexibility index (Phi) is 5.96. The Hall–Kier alpha value is -4.50. The molecule has 0 saturated heterocycles. The molecule has 3 aromatic heterocycles. The Morgan fingerprint density at radius 1 is 0.340 bits per heavy atom. The quantitative estimate of drug-likeness (QED) is 0.230. The van der Waals surface area contributed by atoms with Crippen LogP contribution in [0.15, 0.2) is 78.9 Å². The summed E-state index contributed by atoms with van der Waals surface area (Å²) in [4.78, 5) is 0. The summed E-state index contributed by atoms with van der Waals surface area (Å²) in [7, 11) is 58.6.